The van der Waals surface area contributed by atoms with Crippen LogP contribution in [0.1, 0.15) is 38.1 Å². The Hall–Kier alpha value is -1.65. The van der Waals surface area contributed by atoms with Crippen molar-refractivity contribution in [2.24, 2.45) is 0 Å². The summed E-state index contributed by atoms with van der Waals surface area (Å²) in [6.45, 7) is 7.83. The van der Waals surface area contributed by atoms with Crippen LogP contribution in [0.25, 0.3) is 0 Å². The molecule has 1 amide bonds. The van der Waals surface area contributed by atoms with Gasteiger partial charge < -0.3 is 10.6 Å². The smallest absolute Gasteiger partial charge is 0.254 e. The predicted molar refractivity (Wildman–Crippen MR) is 63.4 cm³/mol. The quantitative estimate of drug-likeness (QED) is 0.808. The van der Waals surface area contributed by atoms with Gasteiger partial charge in [-0.2, -0.15) is 0 Å². The molecule has 0 aliphatic rings. The maximum Gasteiger partial charge on any atom is 0.254 e. The number of hydrogen-bond acceptors (Lipinski definition) is 4. The molecule has 16 heavy (non-hydrogen) atoms. The third-order valence-electron chi connectivity index (χ3n) is 1.75. The topological polar surface area (TPSA) is 66.9 Å². The number of amides is 1. The molecule has 5 heteroatoms. The minimum atomic E-state index is -0.147. The van der Waals surface area contributed by atoms with Crippen LogP contribution in [0.4, 0.5) is 5.95 Å². The molecule has 0 saturated heterocycles. The summed E-state index contributed by atoms with van der Waals surface area (Å²) in [6.07, 6.45) is 3.05. The van der Waals surface area contributed by atoms with Crippen molar-refractivity contribution in [1.29, 1.82) is 0 Å². The normalized spacial score (nSPS) is 10.6. The fraction of sp³-hybridized carbons (Fsp3) is 0.545. The second-order valence-corrected chi connectivity index (χ2v) is 4.22. The number of aromatic nitrogens is 2. The van der Waals surface area contributed by atoms with E-state index in [-0.39, 0.29) is 18.0 Å². The number of hydrogen-bond donors (Lipinski definition) is 2. The summed E-state index contributed by atoms with van der Waals surface area (Å²) in [7, 11) is 0. The molecule has 0 bridgehead atoms. The van der Waals surface area contributed by atoms with Crippen molar-refractivity contribution < 1.29 is 4.79 Å². The van der Waals surface area contributed by atoms with Gasteiger partial charge in [0.05, 0.1) is 5.56 Å². The Balaban J connectivity index is 2.67. The summed E-state index contributed by atoms with van der Waals surface area (Å²) in [4.78, 5) is 19.7. The molecule has 0 unspecified atom stereocenters. The SMILES string of the molecule is CC(C)NC(=O)c1cnc(NC(C)C)nc1. The summed E-state index contributed by atoms with van der Waals surface area (Å²) in [5.41, 5.74) is 0.475. The Morgan fingerprint density at radius 3 is 2.12 bits per heavy atom. The van der Waals surface area contributed by atoms with E-state index < -0.39 is 0 Å². The van der Waals surface area contributed by atoms with E-state index in [1.165, 1.54) is 12.4 Å². The third kappa shape index (κ3) is 3.84. The maximum atomic E-state index is 11.6. The lowest BCUT2D eigenvalue weighted by Gasteiger charge is -2.09. The average Bonchev–Trinajstić information content (AvgIpc) is 2.16. The number of nitrogens with zero attached hydrogens (tertiary/aromatic N) is 2. The van der Waals surface area contributed by atoms with E-state index in [1.54, 1.807) is 0 Å². The second kappa shape index (κ2) is 5.44. The first-order valence-corrected chi connectivity index (χ1v) is 5.38. The van der Waals surface area contributed by atoms with E-state index in [9.17, 15) is 4.79 Å². The van der Waals surface area contributed by atoms with Gasteiger partial charge in [0.1, 0.15) is 0 Å². The van der Waals surface area contributed by atoms with E-state index in [0.717, 1.165) is 0 Å². The largest absolute Gasteiger partial charge is 0.352 e. The van der Waals surface area contributed by atoms with Crippen LogP contribution in [0, 0.1) is 0 Å². The Kier molecular flexibility index (Phi) is 4.22. The third-order valence-corrected chi connectivity index (χ3v) is 1.75. The Morgan fingerprint density at radius 2 is 1.69 bits per heavy atom. The van der Waals surface area contributed by atoms with Gasteiger partial charge in [-0.15, -0.1) is 0 Å². The van der Waals surface area contributed by atoms with Crippen molar-refractivity contribution in [3.8, 4) is 0 Å². The summed E-state index contributed by atoms with van der Waals surface area (Å²) in [6, 6.07) is 0.385. The molecule has 1 rings (SSSR count). The van der Waals surface area contributed by atoms with Crippen LogP contribution in [-0.4, -0.2) is 28.0 Å². The van der Waals surface area contributed by atoms with E-state index in [1.807, 2.05) is 27.7 Å². The van der Waals surface area contributed by atoms with Crippen LogP contribution in [0.15, 0.2) is 12.4 Å². The molecule has 0 aliphatic heterocycles. The molecule has 0 spiro atoms. The first kappa shape index (κ1) is 12.4. The van der Waals surface area contributed by atoms with E-state index >= 15 is 0 Å². The molecule has 0 radical (unpaired) electrons. The highest BCUT2D eigenvalue weighted by atomic mass is 16.1. The second-order valence-electron chi connectivity index (χ2n) is 4.22. The molecule has 1 heterocycles. The van der Waals surface area contributed by atoms with Crippen molar-refractivity contribution in [3.63, 3.8) is 0 Å². The van der Waals surface area contributed by atoms with Crippen LogP contribution in [-0.2, 0) is 0 Å². The van der Waals surface area contributed by atoms with Crippen LogP contribution < -0.4 is 10.6 Å². The molecule has 0 saturated carbocycles. The zero-order chi connectivity index (χ0) is 12.1. The van der Waals surface area contributed by atoms with Crippen molar-refractivity contribution in [2.75, 3.05) is 5.32 Å². The summed E-state index contributed by atoms with van der Waals surface area (Å²) in [5, 5.41) is 5.84. The molecule has 0 fully saturated rings. The molecular weight excluding hydrogens is 204 g/mol. The summed E-state index contributed by atoms with van der Waals surface area (Å²) < 4.78 is 0. The predicted octanol–water partition coefficient (Wildman–Crippen LogP) is 1.44. The first-order valence-electron chi connectivity index (χ1n) is 5.38. The van der Waals surface area contributed by atoms with Crippen molar-refractivity contribution in [3.05, 3.63) is 18.0 Å². The van der Waals surface area contributed by atoms with Gasteiger partial charge in [-0.1, -0.05) is 0 Å². The molecular formula is C11H18N4O. The Labute approximate surface area is 95.7 Å². The van der Waals surface area contributed by atoms with Gasteiger partial charge in [0.15, 0.2) is 0 Å². The molecule has 5 nitrogen and oxygen atoms in total. The average molecular weight is 222 g/mol. The molecule has 0 aliphatic carbocycles. The van der Waals surface area contributed by atoms with Crippen molar-refractivity contribution in [1.82, 2.24) is 15.3 Å². The highest BCUT2D eigenvalue weighted by Gasteiger charge is 2.08. The van der Waals surface area contributed by atoms with Gasteiger partial charge >= 0.3 is 0 Å². The minimum Gasteiger partial charge on any atom is -0.352 e. The highest BCUT2D eigenvalue weighted by Crippen LogP contribution is 2.02. The molecule has 0 aromatic carbocycles. The van der Waals surface area contributed by atoms with Gasteiger partial charge in [-0.05, 0) is 27.7 Å². The minimum absolute atomic E-state index is 0.112. The fourth-order valence-corrected chi connectivity index (χ4v) is 1.12. The fourth-order valence-electron chi connectivity index (χ4n) is 1.12. The highest BCUT2D eigenvalue weighted by molar-refractivity contribution is 5.93. The molecule has 2 N–H and O–H groups in total. The van der Waals surface area contributed by atoms with Crippen LogP contribution in [0.2, 0.25) is 0 Å². The van der Waals surface area contributed by atoms with Crippen molar-refractivity contribution >= 4 is 11.9 Å². The number of carbonyl (C=O) groups is 1. The van der Waals surface area contributed by atoms with E-state index in [2.05, 4.69) is 20.6 Å². The zero-order valence-electron chi connectivity index (χ0n) is 10.1. The lowest BCUT2D eigenvalue weighted by Crippen LogP contribution is -2.30. The molecule has 1 aromatic heterocycles. The Bertz CT molecular complexity index is 346. The van der Waals surface area contributed by atoms with E-state index in [4.69, 9.17) is 0 Å². The zero-order valence-corrected chi connectivity index (χ0v) is 10.1. The number of carbonyl (C=O) groups excluding carboxylic acids is 1. The molecule has 1 aromatic rings. The number of nitrogens with one attached hydrogen (secondary N) is 2. The van der Waals surface area contributed by atoms with Crippen LogP contribution in [0.3, 0.4) is 0 Å². The van der Waals surface area contributed by atoms with Gasteiger partial charge in [0, 0.05) is 24.5 Å². The van der Waals surface area contributed by atoms with Gasteiger partial charge in [0.2, 0.25) is 5.95 Å². The maximum absolute atomic E-state index is 11.6. The monoisotopic (exact) mass is 222 g/mol. The van der Waals surface area contributed by atoms with Gasteiger partial charge in [-0.3, -0.25) is 4.79 Å². The summed E-state index contributed by atoms with van der Waals surface area (Å²) in [5.74, 6) is 0.391. The van der Waals surface area contributed by atoms with Gasteiger partial charge in [0.25, 0.3) is 5.91 Å². The summed E-state index contributed by atoms with van der Waals surface area (Å²) >= 11 is 0. The lowest BCUT2D eigenvalue weighted by molar-refractivity contribution is 0.0942. The number of anilines is 1. The van der Waals surface area contributed by atoms with Crippen LogP contribution in [0.5, 0.6) is 0 Å². The van der Waals surface area contributed by atoms with Gasteiger partial charge in [-0.25, -0.2) is 9.97 Å². The standard InChI is InChI=1S/C11H18N4O/c1-7(2)14-10(16)9-5-12-11(13-6-9)15-8(3)4/h5-8H,1-4H3,(H,14,16)(H,12,13,15). The Morgan fingerprint density at radius 1 is 1.12 bits per heavy atom. The van der Waals surface area contributed by atoms with E-state index in [0.29, 0.717) is 11.5 Å². The number of rotatable bonds is 4. The van der Waals surface area contributed by atoms with Crippen molar-refractivity contribution in [2.45, 2.75) is 39.8 Å². The lowest BCUT2D eigenvalue weighted by atomic mass is 10.3. The first-order chi connectivity index (χ1) is 7.49. The van der Waals surface area contributed by atoms with Crippen LogP contribution >= 0.6 is 0 Å². The molecule has 88 valence electrons. The molecule has 0 atom stereocenters.